The normalized spacial score (nSPS) is 16.8. The highest BCUT2D eigenvalue weighted by molar-refractivity contribution is 5.92. The van der Waals surface area contributed by atoms with E-state index in [0.717, 1.165) is 22.4 Å². The number of carbonyl (C=O) groups is 2. The molecule has 1 aliphatic rings. The van der Waals surface area contributed by atoms with Gasteiger partial charge in [0, 0.05) is 32.2 Å². The molecule has 0 aliphatic carbocycles. The van der Waals surface area contributed by atoms with Crippen LogP contribution in [0.15, 0.2) is 65.2 Å². The predicted molar refractivity (Wildman–Crippen MR) is 128 cm³/mol. The van der Waals surface area contributed by atoms with Gasteiger partial charge in [0.15, 0.2) is 0 Å². The fourth-order valence-electron chi connectivity index (χ4n) is 4.38. The van der Waals surface area contributed by atoms with E-state index in [0.29, 0.717) is 32.6 Å². The van der Waals surface area contributed by atoms with Crippen molar-refractivity contribution in [1.29, 1.82) is 0 Å². The third kappa shape index (κ3) is 5.00. The van der Waals surface area contributed by atoms with Gasteiger partial charge in [-0.3, -0.25) is 9.59 Å². The number of hydrogen-bond acceptors (Lipinski definition) is 4. The number of hydrogen-bond donors (Lipinski definition) is 0. The summed E-state index contributed by atoms with van der Waals surface area (Å²) >= 11 is 0. The zero-order valence-corrected chi connectivity index (χ0v) is 19.5. The molecular formula is C27H31N3O3. The van der Waals surface area contributed by atoms with Crippen molar-refractivity contribution in [3.8, 4) is 11.1 Å². The standard InChI is InChI=1S/C27H31N3O3/c1-4-29-14-15-30(27(32)25-17-24(19(2)3)28-33-25)18-22(26(29)31)16-21-12-8-9-13-23(21)20-10-6-5-7-11-20/h5-13,17,19,22H,4,14-16,18H2,1-3H3/t22-/m1/s1. The van der Waals surface area contributed by atoms with Crippen LogP contribution in [0.4, 0.5) is 0 Å². The van der Waals surface area contributed by atoms with Crippen LogP contribution in [0.25, 0.3) is 11.1 Å². The van der Waals surface area contributed by atoms with Crippen LogP contribution < -0.4 is 0 Å². The lowest BCUT2D eigenvalue weighted by atomic mass is 9.91. The zero-order valence-electron chi connectivity index (χ0n) is 19.5. The molecule has 0 spiro atoms. The van der Waals surface area contributed by atoms with Crippen molar-refractivity contribution in [3.63, 3.8) is 0 Å². The van der Waals surface area contributed by atoms with Crippen molar-refractivity contribution in [2.45, 2.75) is 33.1 Å². The maximum atomic E-state index is 13.4. The van der Waals surface area contributed by atoms with Gasteiger partial charge in [-0.25, -0.2) is 0 Å². The molecule has 2 heterocycles. The average molecular weight is 446 g/mol. The topological polar surface area (TPSA) is 66.7 Å². The van der Waals surface area contributed by atoms with Crippen molar-refractivity contribution in [3.05, 3.63) is 77.7 Å². The molecule has 0 N–H and O–H groups in total. The Bertz CT molecular complexity index is 1110. The first-order valence-corrected chi connectivity index (χ1v) is 11.7. The molecule has 172 valence electrons. The maximum Gasteiger partial charge on any atom is 0.292 e. The van der Waals surface area contributed by atoms with Crippen LogP contribution in [-0.2, 0) is 11.2 Å². The van der Waals surface area contributed by atoms with E-state index >= 15 is 0 Å². The monoisotopic (exact) mass is 445 g/mol. The number of benzene rings is 2. The van der Waals surface area contributed by atoms with E-state index in [1.54, 1.807) is 11.0 Å². The van der Waals surface area contributed by atoms with E-state index in [4.69, 9.17) is 4.52 Å². The first-order valence-electron chi connectivity index (χ1n) is 11.7. The second-order valence-corrected chi connectivity index (χ2v) is 8.86. The van der Waals surface area contributed by atoms with E-state index in [9.17, 15) is 9.59 Å². The number of aromatic nitrogens is 1. The van der Waals surface area contributed by atoms with Gasteiger partial charge in [-0.1, -0.05) is 73.6 Å². The Balaban J connectivity index is 1.61. The van der Waals surface area contributed by atoms with Gasteiger partial charge in [-0.2, -0.15) is 0 Å². The Hall–Kier alpha value is -3.41. The van der Waals surface area contributed by atoms with Crippen LogP contribution in [-0.4, -0.2) is 52.9 Å². The lowest BCUT2D eigenvalue weighted by Gasteiger charge is -2.24. The van der Waals surface area contributed by atoms with E-state index in [1.165, 1.54) is 0 Å². The summed E-state index contributed by atoms with van der Waals surface area (Å²) in [6, 6.07) is 20.1. The number of rotatable bonds is 6. The van der Waals surface area contributed by atoms with E-state index in [-0.39, 0.29) is 29.4 Å². The van der Waals surface area contributed by atoms with Crippen LogP contribution in [0.3, 0.4) is 0 Å². The molecule has 6 heteroatoms. The smallest absolute Gasteiger partial charge is 0.292 e. The third-order valence-corrected chi connectivity index (χ3v) is 6.31. The predicted octanol–water partition coefficient (Wildman–Crippen LogP) is 4.63. The molecule has 1 aliphatic heterocycles. The Morgan fingerprint density at radius 3 is 2.52 bits per heavy atom. The van der Waals surface area contributed by atoms with Gasteiger partial charge < -0.3 is 14.3 Å². The van der Waals surface area contributed by atoms with Gasteiger partial charge >= 0.3 is 0 Å². The molecule has 33 heavy (non-hydrogen) atoms. The van der Waals surface area contributed by atoms with Crippen LogP contribution >= 0.6 is 0 Å². The van der Waals surface area contributed by atoms with Gasteiger partial charge in [0.2, 0.25) is 11.7 Å². The van der Waals surface area contributed by atoms with Gasteiger partial charge in [-0.15, -0.1) is 0 Å². The summed E-state index contributed by atoms with van der Waals surface area (Å²) in [5, 5.41) is 4.03. The molecule has 0 radical (unpaired) electrons. The maximum absolute atomic E-state index is 13.4. The Morgan fingerprint density at radius 2 is 1.82 bits per heavy atom. The van der Waals surface area contributed by atoms with Crippen molar-refractivity contribution in [2.75, 3.05) is 26.2 Å². The Labute approximate surface area is 195 Å². The number of carbonyl (C=O) groups excluding carboxylic acids is 2. The van der Waals surface area contributed by atoms with E-state index in [1.807, 2.05) is 56.0 Å². The molecule has 0 saturated carbocycles. The summed E-state index contributed by atoms with van der Waals surface area (Å²) in [7, 11) is 0. The highest BCUT2D eigenvalue weighted by Crippen LogP contribution is 2.27. The first kappa shape index (κ1) is 22.8. The molecule has 1 atom stereocenters. The highest BCUT2D eigenvalue weighted by atomic mass is 16.5. The number of likely N-dealkylation sites (N-methyl/N-ethyl adjacent to an activating group) is 1. The minimum absolute atomic E-state index is 0.0936. The summed E-state index contributed by atoms with van der Waals surface area (Å²) in [5.41, 5.74) is 4.10. The molecule has 2 aromatic carbocycles. The molecule has 4 rings (SSSR count). The van der Waals surface area contributed by atoms with Crippen LogP contribution in [0.1, 0.15) is 48.5 Å². The molecule has 3 aromatic rings. The SMILES string of the molecule is CCN1CCN(C(=O)c2cc(C(C)C)no2)C[C@@H](Cc2ccccc2-c2ccccc2)C1=O. The second-order valence-electron chi connectivity index (χ2n) is 8.86. The number of nitrogens with zero attached hydrogens (tertiary/aromatic N) is 3. The second kappa shape index (κ2) is 10.0. The zero-order chi connectivity index (χ0) is 23.4. The Kier molecular flexibility index (Phi) is 6.92. The minimum Gasteiger partial charge on any atom is -0.351 e. The molecule has 1 saturated heterocycles. The molecule has 0 unspecified atom stereocenters. The lowest BCUT2D eigenvalue weighted by molar-refractivity contribution is -0.134. The summed E-state index contributed by atoms with van der Waals surface area (Å²) in [5.74, 6) is -0.0234. The summed E-state index contributed by atoms with van der Waals surface area (Å²) in [6.45, 7) is 7.98. The molecule has 2 amide bonds. The van der Waals surface area contributed by atoms with Gasteiger partial charge in [0.1, 0.15) is 0 Å². The molecule has 6 nitrogen and oxygen atoms in total. The fraction of sp³-hybridized carbons (Fsp3) is 0.370. The lowest BCUT2D eigenvalue weighted by Crippen LogP contribution is -2.38. The summed E-state index contributed by atoms with van der Waals surface area (Å²) in [6.07, 6.45) is 0.567. The summed E-state index contributed by atoms with van der Waals surface area (Å²) in [4.78, 5) is 30.2. The van der Waals surface area contributed by atoms with Gasteiger partial charge in [0.25, 0.3) is 5.91 Å². The minimum atomic E-state index is -0.325. The van der Waals surface area contributed by atoms with Gasteiger partial charge in [0.05, 0.1) is 11.6 Å². The van der Waals surface area contributed by atoms with Crippen molar-refractivity contribution in [2.24, 2.45) is 5.92 Å². The molecule has 1 fully saturated rings. The fourth-order valence-corrected chi connectivity index (χ4v) is 4.38. The first-order chi connectivity index (χ1) is 16.0. The average Bonchev–Trinajstić information content (AvgIpc) is 3.28. The van der Waals surface area contributed by atoms with Crippen LogP contribution in [0, 0.1) is 5.92 Å². The van der Waals surface area contributed by atoms with Crippen molar-refractivity contribution >= 4 is 11.8 Å². The third-order valence-electron chi connectivity index (χ3n) is 6.31. The van der Waals surface area contributed by atoms with Crippen molar-refractivity contribution in [1.82, 2.24) is 15.0 Å². The summed E-state index contributed by atoms with van der Waals surface area (Å²) < 4.78 is 5.35. The Morgan fingerprint density at radius 1 is 1.09 bits per heavy atom. The number of amides is 2. The molecule has 0 bridgehead atoms. The van der Waals surface area contributed by atoms with Crippen LogP contribution in [0.2, 0.25) is 0 Å². The quantitative estimate of drug-likeness (QED) is 0.555. The van der Waals surface area contributed by atoms with E-state index in [2.05, 4.69) is 29.4 Å². The molecule has 1 aromatic heterocycles. The van der Waals surface area contributed by atoms with E-state index < -0.39 is 0 Å². The highest BCUT2D eigenvalue weighted by Gasteiger charge is 2.33. The largest absolute Gasteiger partial charge is 0.351 e. The van der Waals surface area contributed by atoms with Gasteiger partial charge in [-0.05, 0) is 36.0 Å². The molecular weight excluding hydrogens is 414 g/mol. The van der Waals surface area contributed by atoms with Crippen LogP contribution in [0.5, 0.6) is 0 Å². The van der Waals surface area contributed by atoms with Crippen molar-refractivity contribution < 1.29 is 14.1 Å².